The van der Waals surface area contributed by atoms with Crippen LogP contribution in [0.15, 0.2) is 24.3 Å². The molecule has 1 saturated heterocycles. The smallest absolute Gasteiger partial charge is 0.222 e. The number of rotatable bonds is 7. The molecule has 3 rings (SSSR count). The van der Waals surface area contributed by atoms with E-state index < -0.39 is 0 Å². The van der Waals surface area contributed by atoms with Gasteiger partial charge >= 0.3 is 0 Å². The summed E-state index contributed by atoms with van der Waals surface area (Å²) >= 11 is 2.15. The predicted octanol–water partition coefficient (Wildman–Crippen LogP) is 7.04. The number of benzene rings is 1. The molecule has 1 aliphatic heterocycles. The third-order valence-corrected chi connectivity index (χ3v) is 8.92. The van der Waals surface area contributed by atoms with Crippen molar-refractivity contribution in [3.05, 3.63) is 35.4 Å². The Morgan fingerprint density at radius 2 is 1.67 bits per heavy atom. The first-order valence-electron chi connectivity index (χ1n) is 12.6. The van der Waals surface area contributed by atoms with Crippen molar-refractivity contribution < 1.29 is 4.79 Å². The van der Waals surface area contributed by atoms with Crippen molar-refractivity contribution in [1.29, 1.82) is 0 Å². The topological polar surface area (TPSA) is 20.3 Å². The molecule has 0 radical (unpaired) electrons. The monoisotopic (exact) mass is 429 g/mol. The fraction of sp³-hybridized carbons (Fsp3) is 0.741. The Hall–Kier alpha value is -0.960. The van der Waals surface area contributed by atoms with Crippen LogP contribution >= 0.6 is 11.8 Å². The van der Waals surface area contributed by atoms with Gasteiger partial charge in [-0.3, -0.25) is 4.79 Å². The van der Waals surface area contributed by atoms with Crippen molar-refractivity contribution in [3.63, 3.8) is 0 Å². The van der Waals surface area contributed by atoms with Crippen LogP contribution in [0.5, 0.6) is 0 Å². The lowest BCUT2D eigenvalue weighted by atomic mass is 9.79. The summed E-state index contributed by atoms with van der Waals surface area (Å²) in [7, 11) is 0. The molecule has 2 aliphatic rings. The van der Waals surface area contributed by atoms with Crippen LogP contribution in [0.25, 0.3) is 0 Å². The summed E-state index contributed by atoms with van der Waals surface area (Å²) in [5.41, 5.74) is 2.62. The van der Waals surface area contributed by atoms with Gasteiger partial charge in [0, 0.05) is 24.8 Å². The molecule has 1 saturated carbocycles. The van der Waals surface area contributed by atoms with Gasteiger partial charge in [-0.2, -0.15) is 11.8 Å². The van der Waals surface area contributed by atoms with E-state index in [0.717, 1.165) is 31.3 Å². The average Bonchev–Trinajstić information content (AvgIpc) is 3.23. The Balaban J connectivity index is 1.54. The second kappa shape index (κ2) is 12.8. The van der Waals surface area contributed by atoms with Gasteiger partial charge in [-0.15, -0.1) is 0 Å². The van der Waals surface area contributed by atoms with E-state index in [1.807, 2.05) is 0 Å². The molecule has 0 aromatic heterocycles. The molecule has 168 valence electrons. The van der Waals surface area contributed by atoms with E-state index in [-0.39, 0.29) is 0 Å². The molecule has 1 aromatic rings. The third-order valence-electron chi connectivity index (χ3n) is 7.52. The second-order valence-electron chi connectivity index (χ2n) is 9.53. The molecule has 3 heteroatoms. The SMILES string of the molecule is CCN(CC1SCCC1C1CCCCCCCCC1)C(=O)CCc1ccccc1C. The molecule has 0 bridgehead atoms. The van der Waals surface area contributed by atoms with E-state index >= 15 is 0 Å². The van der Waals surface area contributed by atoms with E-state index in [9.17, 15) is 4.79 Å². The van der Waals surface area contributed by atoms with Crippen LogP contribution in [0.2, 0.25) is 0 Å². The standard InChI is InChI=1S/C27H43NOS/c1-3-28(27(29)18-17-23-14-12-11-13-22(23)2)21-26-25(19-20-30-26)24-15-9-7-5-4-6-8-10-16-24/h11-14,24-26H,3-10,15-21H2,1-2H3. The maximum atomic E-state index is 13.0. The van der Waals surface area contributed by atoms with Gasteiger partial charge in [-0.25, -0.2) is 0 Å². The Labute approximate surface area is 189 Å². The second-order valence-corrected chi connectivity index (χ2v) is 10.9. The van der Waals surface area contributed by atoms with Crippen molar-refractivity contribution in [2.24, 2.45) is 11.8 Å². The number of aryl methyl sites for hydroxylation is 2. The Morgan fingerprint density at radius 1 is 1.00 bits per heavy atom. The highest BCUT2D eigenvalue weighted by atomic mass is 32.2. The van der Waals surface area contributed by atoms with Crippen LogP contribution in [0, 0.1) is 18.8 Å². The highest BCUT2D eigenvalue weighted by molar-refractivity contribution is 8.00. The maximum Gasteiger partial charge on any atom is 0.222 e. The van der Waals surface area contributed by atoms with Crippen LogP contribution in [0.3, 0.4) is 0 Å². The van der Waals surface area contributed by atoms with Gasteiger partial charge in [-0.1, -0.05) is 82.1 Å². The Kier molecular flexibility index (Phi) is 10.1. The summed E-state index contributed by atoms with van der Waals surface area (Å²) < 4.78 is 0. The number of nitrogens with zero attached hydrogens (tertiary/aromatic N) is 1. The number of thioether (sulfide) groups is 1. The average molecular weight is 430 g/mol. The molecule has 1 aliphatic carbocycles. The van der Waals surface area contributed by atoms with Crippen molar-refractivity contribution in [2.75, 3.05) is 18.8 Å². The zero-order valence-corrected chi connectivity index (χ0v) is 20.2. The molecule has 1 amide bonds. The summed E-state index contributed by atoms with van der Waals surface area (Å²) in [5, 5.41) is 0.653. The van der Waals surface area contributed by atoms with Crippen molar-refractivity contribution in [1.82, 2.24) is 4.90 Å². The van der Waals surface area contributed by atoms with Crippen LogP contribution in [-0.2, 0) is 11.2 Å². The van der Waals surface area contributed by atoms with Crippen LogP contribution in [0.1, 0.15) is 88.7 Å². The van der Waals surface area contributed by atoms with Crippen molar-refractivity contribution in [2.45, 2.75) is 96.1 Å². The number of carbonyl (C=O) groups is 1. The number of hydrogen-bond acceptors (Lipinski definition) is 2. The third kappa shape index (κ3) is 7.04. The molecule has 1 aromatic carbocycles. The highest BCUT2D eigenvalue weighted by Gasteiger charge is 2.35. The summed E-state index contributed by atoms with van der Waals surface area (Å²) in [6.07, 6.45) is 15.8. The Bertz CT molecular complexity index is 636. The van der Waals surface area contributed by atoms with Gasteiger partial charge in [0.1, 0.15) is 0 Å². The molecule has 2 fully saturated rings. The van der Waals surface area contributed by atoms with E-state index in [0.29, 0.717) is 17.6 Å². The van der Waals surface area contributed by atoms with E-state index in [4.69, 9.17) is 0 Å². The van der Waals surface area contributed by atoms with Crippen LogP contribution in [0.4, 0.5) is 0 Å². The van der Waals surface area contributed by atoms with Crippen molar-refractivity contribution in [3.8, 4) is 0 Å². The van der Waals surface area contributed by atoms with E-state index in [2.05, 4.69) is 54.8 Å². The molecule has 0 spiro atoms. The van der Waals surface area contributed by atoms with Crippen molar-refractivity contribution >= 4 is 17.7 Å². The first-order valence-corrected chi connectivity index (χ1v) is 13.7. The van der Waals surface area contributed by atoms with Gasteiger partial charge < -0.3 is 4.90 Å². The fourth-order valence-corrected chi connectivity index (χ4v) is 7.18. The summed E-state index contributed by atoms with van der Waals surface area (Å²) in [5.74, 6) is 3.36. The summed E-state index contributed by atoms with van der Waals surface area (Å²) in [6, 6.07) is 8.48. The summed E-state index contributed by atoms with van der Waals surface area (Å²) in [6.45, 7) is 6.12. The van der Waals surface area contributed by atoms with Gasteiger partial charge in [0.25, 0.3) is 0 Å². The van der Waals surface area contributed by atoms with Gasteiger partial charge in [-0.05, 0) is 55.4 Å². The maximum absolute atomic E-state index is 13.0. The molecule has 30 heavy (non-hydrogen) atoms. The minimum atomic E-state index is 0.345. The van der Waals surface area contributed by atoms with Gasteiger partial charge in [0.2, 0.25) is 5.91 Å². The molecule has 2 unspecified atom stereocenters. The lowest BCUT2D eigenvalue weighted by Gasteiger charge is -2.32. The number of amides is 1. The summed E-state index contributed by atoms with van der Waals surface area (Å²) in [4.78, 5) is 15.2. The zero-order valence-electron chi connectivity index (χ0n) is 19.4. The number of hydrogen-bond donors (Lipinski definition) is 0. The first kappa shape index (κ1) is 23.7. The van der Waals surface area contributed by atoms with E-state index in [1.54, 1.807) is 0 Å². The lowest BCUT2D eigenvalue weighted by molar-refractivity contribution is -0.131. The zero-order chi connectivity index (χ0) is 21.2. The predicted molar refractivity (Wildman–Crippen MR) is 131 cm³/mol. The fourth-order valence-electron chi connectivity index (χ4n) is 5.58. The minimum absolute atomic E-state index is 0.345. The first-order chi connectivity index (χ1) is 14.7. The van der Waals surface area contributed by atoms with E-state index in [1.165, 1.54) is 81.1 Å². The Morgan fingerprint density at radius 3 is 2.33 bits per heavy atom. The van der Waals surface area contributed by atoms with Crippen LogP contribution in [-0.4, -0.2) is 34.9 Å². The molecular weight excluding hydrogens is 386 g/mol. The number of carbonyl (C=O) groups excluding carboxylic acids is 1. The quantitative estimate of drug-likeness (QED) is 0.463. The van der Waals surface area contributed by atoms with Gasteiger partial charge in [0.15, 0.2) is 0 Å². The normalized spacial score (nSPS) is 23.9. The van der Waals surface area contributed by atoms with Crippen LogP contribution < -0.4 is 0 Å². The molecular formula is C27H43NOS. The largest absolute Gasteiger partial charge is 0.342 e. The van der Waals surface area contributed by atoms with Gasteiger partial charge in [0.05, 0.1) is 0 Å². The minimum Gasteiger partial charge on any atom is -0.342 e. The highest BCUT2D eigenvalue weighted by Crippen LogP contribution is 2.42. The molecule has 2 nitrogen and oxygen atoms in total. The molecule has 0 N–H and O–H groups in total. The molecule has 2 atom stereocenters. The molecule has 1 heterocycles. The lowest BCUT2D eigenvalue weighted by Crippen LogP contribution is -2.39.